The minimum absolute atomic E-state index is 0.119. The van der Waals surface area contributed by atoms with Gasteiger partial charge in [-0.25, -0.2) is 0 Å². The lowest BCUT2D eigenvalue weighted by molar-refractivity contribution is -0.122. The molecule has 1 heterocycles. The minimum atomic E-state index is 0.119. The van der Waals surface area contributed by atoms with Gasteiger partial charge in [0.1, 0.15) is 0 Å². The van der Waals surface area contributed by atoms with Gasteiger partial charge in [0.05, 0.1) is 6.61 Å². The van der Waals surface area contributed by atoms with Crippen LogP contribution < -0.4 is 0 Å². The summed E-state index contributed by atoms with van der Waals surface area (Å²) in [6.07, 6.45) is 3.73. The van der Waals surface area contributed by atoms with Gasteiger partial charge in [-0.3, -0.25) is 4.79 Å². The molecule has 1 fully saturated rings. The highest BCUT2D eigenvalue weighted by Gasteiger charge is 2.19. The van der Waals surface area contributed by atoms with E-state index in [0.717, 1.165) is 25.0 Å². The SMILES string of the molecule is CC(C)=CC(=O)C1CCCOC1. The monoisotopic (exact) mass is 168 g/mol. The molecule has 0 aromatic carbocycles. The third kappa shape index (κ3) is 2.78. The first kappa shape index (κ1) is 9.46. The van der Waals surface area contributed by atoms with Crippen molar-refractivity contribution in [3.63, 3.8) is 0 Å². The Morgan fingerprint density at radius 1 is 1.50 bits per heavy atom. The van der Waals surface area contributed by atoms with Crippen molar-refractivity contribution in [2.75, 3.05) is 13.2 Å². The van der Waals surface area contributed by atoms with Gasteiger partial charge in [-0.05, 0) is 32.8 Å². The fraction of sp³-hybridized carbons (Fsp3) is 0.700. The normalized spacial score (nSPS) is 23.3. The van der Waals surface area contributed by atoms with Crippen LogP contribution in [0.1, 0.15) is 26.7 Å². The van der Waals surface area contributed by atoms with E-state index in [2.05, 4.69) is 0 Å². The molecule has 1 saturated heterocycles. The van der Waals surface area contributed by atoms with Crippen LogP contribution in [0.4, 0.5) is 0 Å². The van der Waals surface area contributed by atoms with Crippen LogP contribution in [0.25, 0.3) is 0 Å². The van der Waals surface area contributed by atoms with Crippen LogP contribution in [0.2, 0.25) is 0 Å². The summed E-state index contributed by atoms with van der Waals surface area (Å²) in [4.78, 5) is 11.5. The smallest absolute Gasteiger partial charge is 0.160 e. The second kappa shape index (κ2) is 4.41. The van der Waals surface area contributed by atoms with E-state index in [-0.39, 0.29) is 11.7 Å². The van der Waals surface area contributed by atoms with E-state index in [1.807, 2.05) is 13.8 Å². The number of hydrogen-bond donors (Lipinski definition) is 0. The van der Waals surface area contributed by atoms with Gasteiger partial charge in [0.15, 0.2) is 5.78 Å². The molecule has 2 heteroatoms. The summed E-state index contributed by atoms with van der Waals surface area (Å²) < 4.78 is 5.23. The van der Waals surface area contributed by atoms with Gasteiger partial charge in [0.2, 0.25) is 0 Å². The summed E-state index contributed by atoms with van der Waals surface area (Å²) >= 11 is 0. The quantitative estimate of drug-likeness (QED) is 0.589. The van der Waals surface area contributed by atoms with E-state index in [4.69, 9.17) is 4.74 Å². The number of carbonyl (C=O) groups is 1. The molecule has 0 aromatic heterocycles. The van der Waals surface area contributed by atoms with Gasteiger partial charge in [0.25, 0.3) is 0 Å². The standard InChI is InChI=1S/C10H16O2/c1-8(2)6-10(11)9-4-3-5-12-7-9/h6,9H,3-5,7H2,1-2H3. The average Bonchev–Trinajstić information content (AvgIpc) is 2.05. The first-order chi connectivity index (χ1) is 5.70. The summed E-state index contributed by atoms with van der Waals surface area (Å²) in [6.45, 7) is 5.32. The predicted molar refractivity (Wildman–Crippen MR) is 48.0 cm³/mol. The Balaban J connectivity index is 2.45. The van der Waals surface area contributed by atoms with Crippen LogP contribution in [0.15, 0.2) is 11.6 Å². The molecule has 12 heavy (non-hydrogen) atoms. The van der Waals surface area contributed by atoms with Crippen LogP contribution in [-0.2, 0) is 9.53 Å². The van der Waals surface area contributed by atoms with E-state index in [1.165, 1.54) is 0 Å². The Hall–Kier alpha value is -0.630. The van der Waals surface area contributed by atoms with Crippen LogP contribution >= 0.6 is 0 Å². The molecule has 0 bridgehead atoms. The summed E-state index contributed by atoms with van der Waals surface area (Å²) in [5.74, 6) is 0.350. The Kier molecular flexibility index (Phi) is 3.48. The Labute approximate surface area is 73.6 Å². The lowest BCUT2D eigenvalue weighted by Crippen LogP contribution is -2.23. The molecule has 1 unspecified atom stereocenters. The number of allylic oxidation sites excluding steroid dienone is 2. The third-order valence-electron chi connectivity index (χ3n) is 1.99. The zero-order chi connectivity index (χ0) is 8.97. The molecule has 0 amide bonds. The number of ketones is 1. The van der Waals surface area contributed by atoms with Gasteiger partial charge in [0, 0.05) is 12.5 Å². The summed E-state index contributed by atoms with van der Waals surface area (Å²) in [6, 6.07) is 0. The highest BCUT2D eigenvalue weighted by Crippen LogP contribution is 2.15. The van der Waals surface area contributed by atoms with Crippen LogP contribution in [-0.4, -0.2) is 19.0 Å². The lowest BCUT2D eigenvalue weighted by Gasteiger charge is -2.19. The van der Waals surface area contributed by atoms with Gasteiger partial charge < -0.3 is 4.74 Å². The molecular formula is C10H16O2. The van der Waals surface area contributed by atoms with E-state index in [0.29, 0.717) is 6.61 Å². The van der Waals surface area contributed by atoms with Gasteiger partial charge >= 0.3 is 0 Å². The fourth-order valence-electron chi connectivity index (χ4n) is 1.37. The Bertz CT molecular complexity index is 184. The highest BCUT2D eigenvalue weighted by atomic mass is 16.5. The van der Waals surface area contributed by atoms with Crippen LogP contribution in [0.5, 0.6) is 0 Å². The summed E-state index contributed by atoms with van der Waals surface area (Å²) in [7, 11) is 0. The lowest BCUT2D eigenvalue weighted by atomic mass is 9.96. The van der Waals surface area contributed by atoms with E-state index < -0.39 is 0 Å². The maximum atomic E-state index is 11.5. The number of carbonyl (C=O) groups excluding carboxylic acids is 1. The molecule has 1 aliphatic heterocycles. The topological polar surface area (TPSA) is 26.3 Å². The molecule has 0 aliphatic carbocycles. The van der Waals surface area contributed by atoms with Crippen molar-refractivity contribution < 1.29 is 9.53 Å². The van der Waals surface area contributed by atoms with E-state index in [1.54, 1.807) is 6.08 Å². The second-order valence-corrected chi connectivity index (χ2v) is 3.54. The third-order valence-corrected chi connectivity index (χ3v) is 1.99. The molecule has 0 aromatic rings. The van der Waals surface area contributed by atoms with Gasteiger partial charge in [-0.2, -0.15) is 0 Å². The minimum Gasteiger partial charge on any atom is -0.381 e. The maximum absolute atomic E-state index is 11.5. The average molecular weight is 168 g/mol. The zero-order valence-corrected chi connectivity index (χ0v) is 7.80. The van der Waals surface area contributed by atoms with Crippen molar-refractivity contribution in [1.82, 2.24) is 0 Å². The second-order valence-electron chi connectivity index (χ2n) is 3.54. The molecule has 1 aliphatic rings. The van der Waals surface area contributed by atoms with E-state index in [9.17, 15) is 4.79 Å². The Morgan fingerprint density at radius 2 is 2.25 bits per heavy atom. The molecule has 2 nitrogen and oxygen atoms in total. The van der Waals surface area contributed by atoms with Crippen molar-refractivity contribution in [3.05, 3.63) is 11.6 Å². The molecule has 1 atom stereocenters. The van der Waals surface area contributed by atoms with Crippen molar-refractivity contribution in [2.45, 2.75) is 26.7 Å². The molecular weight excluding hydrogens is 152 g/mol. The molecule has 1 rings (SSSR count). The highest BCUT2D eigenvalue weighted by molar-refractivity contribution is 5.92. The van der Waals surface area contributed by atoms with Crippen molar-refractivity contribution >= 4 is 5.78 Å². The molecule has 0 N–H and O–H groups in total. The molecule has 0 spiro atoms. The summed E-state index contributed by atoms with van der Waals surface area (Å²) in [5.41, 5.74) is 1.07. The van der Waals surface area contributed by atoms with Crippen molar-refractivity contribution in [3.8, 4) is 0 Å². The van der Waals surface area contributed by atoms with Gasteiger partial charge in [-0.15, -0.1) is 0 Å². The predicted octanol–water partition coefficient (Wildman–Crippen LogP) is 1.95. The van der Waals surface area contributed by atoms with Gasteiger partial charge in [-0.1, -0.05) is 5.57 Å². The number of ether oxygens (including phenoxy) is 1. The molecule has 0 saturated carbocycles. The maximum Gasteiger partial charge on any atom is 0.160 e. The van der Waals surface area contributed by atoms with Crippen LogP contribution in [0.3, 0.4) is 0 Å². The zero-order valence-electron chi connectivity index (χ0n) is 7.80. The van der Waals surface area contributed by atoms with Crippen molar-refractivity contribution in [2.24, 2.45) is 5.92 Å². The molecule has 68 valence electrons. The number of rotatable bonds is 2. The number of hydrogen-bond acceptors (Lipinski definition) is 2. The summed E-state index contributed by atoms with van der Waals surface area (Å²) in [5, 5.41) is 0. The van der Waals surface area contributed by atoms with Crippen molar-refractivity contribution in [1.29, 1.82) is 0 Å². The first-order valence-corrected chi connectivity index (χ1v) is 4.46. The molecule has 0 radical (unpaired) electrons. The Morgan fingerprint density at radius 3 is 2.75 bits per heavy atom. The van der Waals surface area contributed by atoms with Crippen LogP contribution in [0, 0.1) is 5.92 Å². The first-order valence-electron chi connectivity index (χ1n) is 4.46. The fourth-order valence-corrected chi connectivity index (χ4v) is 1.37. The largest absolute Gasteiger partial charge is 0.381 e. The van der Waals surface area contributed by atoms with E-state index >= 15 is 0 Å².